The molecule has 2 aromatic carbocycles. The van der Waals surface area contributed by atoms with Crippen molar-refractivity contribution < 1.29 is 23.8 Å². The first kappa shape index (κ1) is 27.4. The summed E-state index contributed by atoms with van der Waals surface area (Å²) in [6, 6.07) is 6.08. The summed E-state index contributed by atoms with van der Waals surface area (Å²) in [5, 5.41) is 25.6. The number of fused-ring (bicyclic) bond motifs is 2. The lowest BCUT2D eigenvalue weighted by molar-refractivity contribution is -0.149. The van der Waals surface area contributed by atoms with Crippen LogP contribution in [0.5, 0.6) is 0 Å². The molecule has 12 heteroatoms. The molecule has 0 spiro atoms. The number of carbonyl (C=O) groups is 2. The lowest BCUT2D eigenvalue weighted by Crippen LogP contribution is -2.33. The SMILES string of the molecule is CC1CCC([C@H](Cc2c(N)c(F)cc3[nH]ncc23)Nc2ccc3c(cnn3CCOC(=O)CC(N)C(=O)O)c2)C1. The molecule has 40 heavy (non-hydrogen) atoms. The largest absolute Gasteiger partial charge is 0.480 e. The number of rotatable bonds is 11. The van der Waals surface area contributed by atoms with Crippen LogP contribution in [0.25, 0.3) is 21.8 Å². The number of halogens is 1. The number of ether oxygens (including phenoxy) is 1. The number of hydrogen-bond acceptors (Lipinski definition) is 8. The summed E-state index contributed by atoms with van der Waals surface area (Å²) in [6.07, 6.45) is 6.93. The fourth-order valence-corrected chi connectivity index (χ4v) is 5.67. The van der Waals surface area contributed by atoms with Crippen molar-refractivity contribution in [2.24, 2.45) is 17.6 Å². The maximum atomic E-state index is 14.6. The van der Waals surface area contributed by atoms with Crippen LogP contribution in [0.3, 0.4) is 0 Å². The van der Waals surface area contributed by atoms with Crippen molar-refractivity contribution in [1.29, 1.82) is 0 Å². The monoisotopic (exact) mass is 551 g/mol. The molecule has 2 aromatic heterocycles. The van der Waals surface area contributed by atoms with Gasteiger partial charge in [0.15, 0.2) is 0 Å². The molecule has 0 amide bonds. The molecule has 1 fully saturated rings. The summed E-state index contributed by atoms with van der Waals surface area (Å²) in [5.74, 6) is -1.34. The van der Waals surface area contributed by atoms with Crippen LogP contribution < -0.4 is 16.8 Å². The van der Waals surface area contributed by atoms with E-state index in [0.29, 0.717) is 30.3 Å². The smallest absolute Gasteiger partial charge is 0.321 e. The third kappa shape index (κ3) is 5.86. The van der Waals surface area contributed by atoms with E-state index >= 15 is 0 Å². The third-order valence-corrected chi connectivity index (χ3v) is 7.84. The Morgan fingerprint density at radius 1 is 1.30 bits per heavy atom. The van der Waals surface area contributed by atoms with Gasteiger partial charge < -0.3 is 26.6 Å². The number of anilines is 2. The number of aromatic nitrogens is 4. The van der Waals surface area contributed by atoms with Crippen LogP contribution in [0.2, 0.25) is 0 Å². The van der Waals surface area contributed by atoms with Crippen LogP contribution in [-0.2, 0) is 27.3 Å². The van der Waals surface area contributed by atoms with Crippen molar-refractivity contribution in [3.63, 3.8) is 0 Å². The minimum absolute atomic E-state index is 0.0382. The van der Waals surface area contributed by atoms with Gasteiger partial charge in [0.1, 0.15) is 18.5 Å². The van der Waals surface area contributed by atoms with Crippen LogP contribution in [-0.4, -0.2) is 55.7 Å². The molecule has 0 bridgehead atoms. The molecule has 0 aliphatic heterocycles. The zero-order chi connectivity index (χ0) is 28.4. The number of aromatic amines is 1. The first-order valence-electron chi connectivity index (χ1n) is 13.5. The molecule has 1 aliphatic rings. The summed E-state index contributed by atoms with van der Waals surface area (Å²) >= 11 is 0. The van der Waals surface area contributed by atoms with E-state index in [2.05, 4.69) is 27.5 Å². The highest BCUT2D eigenvalue weighted by Gasteiger charge is 2.30. The number of nitrogens with two attached hydrogens (primary N) is 2. The second kappa shape index (κ2) is 11.5. The van der Waals surface area contributed by atoms with E-state index in [0.717, 1.165) is 46.8 Å². The lowest BCUT2D eigenvalue weighted by Gasteiger charge is -2.27. The molecule has 1 aliphatic carbocycles. The molecule has 4 atom stereocenters. The van der Waals surface area contributed by atoms with Gasteiger partial charge in [0.05, 0.1) is 42.1 Å². The van der Waals surface area contributed by atoms with Crippen LogP contribution in [0.4, 0.5) is 15.8 Å². The standard InChI is InChI=1S/C28H34FN7O4/c1-15-2-3-16(8-15)23(10-19-20-14-32-35-24(20)11-21(29)27(19)31)34-18-4-5-25-17(9-18)13-33-36(25)6-7-40-26(37)12-22(30)28(38)39/h4-5,9,11,13-16,22-23,34H,2-3,6-8,10,12,30-31H2,1H3,(H,32,35)(H,38,39)/t15?,16?,22?,23-/m0/s1. The Morgan fingerprint density at radius 2 is 2.12 bits per heavy atom. The van der Waals surface area contributed by atoms with Crippen molar-refractivity contribution in [3.05, 3.63) is 48.0 Å². The van der Waals surface area contributed by atoms with Gasteiger partial charge in [-0.1, -0.05) is 13.3 Å². The van der Waals surface area contributed by atoms with E-state index in [4.69, 9.17) is 21.3 Å². The number of esters is 1. The van der Waals surface area contributed by atoms with Gasteiger partial charge in [-0.3, -0.25) is 19.4 Å². The fourth-order valence-electron chi connectivity index (χ4n) is 5.67. The van der Waals surface area contributed by atoms with Gasteiger partial charge in [-0.2, -0.15) is 10.2 Å². The Balaban J connectivity index is 1.31. The number of benzene rings is 2. The molecular formula is C28H34FN7O4. The number of carboxylic acid groups (broad SMARTS) is 1. The van der Waals surface area contributed by atoms with Gasteiger partial charge in [0.2, 0.25) is 0 Å². The van der Waals surface area contributed by atoms with Gasteiger partial charge in [-0.05, 0) is 54.9 Å². The molecule has 1 saturated carbocycles. The first-order valence-corrected chi connectivity index (χ1v) is 13.5. The highest BCUT2D eigenvalue weighted by molar-refractivity contribution is 5.87. The molecule has 212 valence electrons. The second-order valence-electron chi connectivity index (χ2n) is 10.7. The highest BCUT2D eigenvalue weighted by atomic mass is 19.1. The van der Waals surface area contributed by atoms with Gasteiger partial charge in [0, 0.05) is 28.6 Å². The molecule has 0 radical (unpaired) electrons. The van der Waals surface area contributed by atoms with Gasteiger partial charge in [0.25, 0.3) is 0 Å². The van der Waals surface area contributed by atoms with Gasteiger partial charge in [-0.25, -0.2) is 4.39 Å². The van der Waals surface area contributed by atoms with E-state index in [9.17, 15) is 14.0 Å². The molecule has 7 N–H and O–H groups in total. The summed E-state index contributed by atoms with van der Waals surface area (Å²) in [6.45, 7) is 2.62. The summed E-state index contributed by atoms with van der Waals surface area (Å²) in [7, 11) is 0. The Morgan fingerprint density at radius 3 is 2.88 bits per heavy atom. The average Bonchev–Trinajstić information content (AvgIpc) is 3.66. The fraction of sp³-hybridized carbons (Fsp3) is 0.429. The molecular weight excluding hydrogens is 517 g/mol. The van der Waals surface area contributed by atoms with E-state index in [1.807, 2.05) is 18.2 Å². The Kier molecular flexibility index (Phi) is 7.88. The number of nitrogens with one attached hydrogen (secondary N) is 2. The zero-order valence-corrected chi connectivity index (χ0v) is 22.3. The van der Waals surface area contributed by atoms with E-state index in [1.165, 1.54) is 6.07 Å². The van der Waals surface area contributed by atoms with Crippen molar-refractivity contribution >= 4 is 45.1 Å². The minimum Gasteiger partial charge on any atom is -0.480 e. The van der Waals surface area contributed by atoms with Crippen LogP contribution in [0, 0.1) is 17.7 Å². The molecule has 4 aromatic rings. The van der Waals surface area contributed by atoms with Crippen molar-refractivity contribution in [2.45, 2.75) is 57.7 Å². The quantitative estimate of drug-likeness (QED) is 0.138. The third-order valence-electron chi connectivity index (χ3n) is 7.84. The molecule has 5 rings (SSSR count). The number of H-pyrrole nitrogens is 1. The van der Waals surface area contributed by atoms with Gasteiger partial charge >= 0.3 is 11.9 Å². The molecule has 2 heterocycles. The Hall–Kier alpha value is -4.19. The number of aliphatic carboxylic acids is 1. The molecule has 0 saturated heterocycles. The van der Waals surface area contributed by atoms with Crippen LogP contribution >= 0.6 is 0 Å². The number of carboxylic acids is 1. The van der Waals surface area contributed by atoms with Gasteiger partial charge in [-0.15, -0.1) is 0 Å². The number of nitrogens with zero attached hydrogens (tertiary/aromatic N) is 3. The first-order chi connectivity index (χ1) is 19.2. The normalized spacial score (nSPS) is 18.7. The topological polar surface area (TPSA) is 174 Å². The molecule has 3 unspecified atom stereocenters. The maximum absolute atomic E-state index is 14.6. The lowest BCUT2D eigenvalue weighted by atomic mass is 9.89. The Bertz CT molecular complexity index is 1530. The van der Waals surface area contributed by atoms with Crippen LogP contribution in [0.1, 0.15) is 38.2 Å². The maximum Gasteiger partial charge on any atom is 0.321 e. The number of hydrogen-bond donors (Lipinski definition) is 5. The molecule has 11 nitrogen and oxygen atoms in total. The summed E-state index contributed by atoms with van der Waals surface area (Å²) in [5.41, 5.74) is 14.9. The van der Waals surface area contributed by atoms with Crippen molar-refractivity contribution in [2.75, 3.05) is 17.7 Å². The second-order valence-corrected chi connectivity index (χ2v) is 10.7. The number of carbonyl (C=O) groups excluding carboxylic acids is 1. The zero-order valence-electron chi connectivity index (χ0n) is 22.3. The predicted octanol–water partition coefficient (Wildman–Crippen LogP) is 3.44. The average molecular weight is 552 g/mol. The summed E-state index contributed by atoms with van der Waals surface area (Å²) in [4.78, 5) is 22.6. The Labute approximate surface area is 230 Å². The van der Waals surface area contributed by atoms with E-state index < -0.39 is 30.2 Å². The number of nitrogen functional groups attached to an aromatic ring is 1. The van der Waals surface area contributed by atoms with Crippen LogP contribution in [0.15, 0.2) is 36.7 Å². The van der Waals surface area contributed by atoms with E-state index in [-0.39, 0.29) is 18.3 Å². The minimum atomic E-state index is -1.29. The van der Waals surface area contributed by atoms with E-state index in [1.54, 1.807) is 17.1 Å². The highest BCUT2D eigenvalue weighted by Crippen LogP contribution is 2.37. The van der Waals surface area contributed by atoms with Crippen molar-refractivity contribution in [3.8, 4) is 0 Å². The predicted molar refractivity (Wildman–Crippen MR) is 149 cm³/mol. The summed E-state index contributed by atoms with van der Waals surface area (Å²) < 4.78 is 21.5. The van der Waals surface area contributed by atoms with Crippen molar-refractivity contribution in [1.82, 2.24) is 20.0 Å².